The Morgan fingerprint density at radius 2 is 1.74 bits per heavy atom. The second-order valence-electron chi connectivity index (χ2n) is 8.90. The first kappa shape index (κ1) is 25.2. The van der Waals surface area contributed by atoms with Crippen LogP contribution in [0.1, 0.15) is 16.7 Å². The minimum atomic E-state index is -0.394. The van der Waals surface area contributed by atoms with E-state index in [4.69, 9.17) is 30.5 Å². The molecule has 39 heavy (non-hydrogen) atoms. The number of carbonyl (C=O) groups is 2. The average molecular weight is 560 g/mol. The number of fused-ring (bicyclic) bond motifs is 2. The van der Waals surface area contributed by atoms with Crippen LogP contribution in [0.3, 0.4) is 0 Å². The molecule has 0 aromatic heterocycles. The molecule has 4 aromatic carbocycles. The van der Waals surface area contributed by atoms with Crippen molar-refractivity contribution in [3.63, 3.8) is 0 Å². The average Bonchev–Trinajstić information content (AvgIpc) is 3.51. The van der Waals surface area contributed by atoms with E-state index in [2.05, 4.69) is 18.2 Å². The van der Waals surface area contributed by atoms with Gasteiger partial charge >= 0.3 is 0 Å². The van der Waals surface area contributed by atoms with Crippen molar-refractivity contribution in [1.29, 1.82) is 0 Å². The summed E-state index contributed by atoms with van der Waals surface area (Å²) in [6, 6.07) is 23.0. The van der Waals surface area contributed by atoms with Gasteiger partial charge in [0.2, 0.25) is 6.79 Å². The monoisotopic (exact) mass is 559 g/mol. The van der Waals surface area contributed by atoms with Crippen LogP contribution in [0, 0.1) is 0 Å². The number of imide groups is 1. The van der Waals surface area contributed by atoms with Gasteiger partial charge in [0, 0.05) is 11.1 Å². The van der Waals surface area contributed by atoms with Gasteiger partial charge in [-0.25, -0.2) is 0 Å². The number of ether oxygens (including phenoxy) is 4. The summed E-state index contributed by atoms with van der Waals surface area (Å²) in [4.78, 5) is 27.3. The Bertz CT molecular complexity index is 1650. The minimum Gasteiger partial charge on any atom is -0.493 e. The zero-order chi connectivity index (χ0) is 26.9. The Kier molecular flexibility index (Phi) is 6.81. The Labute approximate surface area is 233 Å². The predicted molar refractivity (Wildman–Crippen MR) is 150 cm³/mol. The van der Waals surface area contributed by atoms with Gasteiger partial charge < -0.3 is 18.9 Å². The highest BCUT2D eigenvalue weighted by atomic mass is 35.5. The topological polar surface area (TPSA) is 74.3 Å². The van der Waals surface area contributed by atoms with Crippen LogP contribution in [0.5, 0.6) is 23.0 Å². The van der Waals surface area contributed by atoms with Crippen molar-refractivity contribution in [2.24, 2.45) is 0 Å². The SMILES string of the molecule is COc1cc(/C=C2/SC(=O)N(Cc3cc4c(cc3Cl)OCO4)C2=O)ccc1OCc1cccc2ccccc12. The summed E-state index contributed by atoms with van der Waals surface area (Å²) in [6.07, 6.45) is 1.67. The molecule has 0 aliphatic carbocycles. The number of methoxy groups -OCH3 is 1. The third-order valence-corrected chi connectivity index (χ3v) is 7.75. The zero-order valence-corrected chi connectivity index (χ0v) is 22.4. The van der Waals surface area contributed by atoms with Crippen LogP contribution < -0.4 is 18.9 Å². The molecule has 2 heterocycles. The minimum absolute atomic E-state index is 0.0295. The number of hydrogen-bond donors (Lipinski definition) is 0. The third-order valence-electron chi connectivity index (χ3n) is 6.49. The summed E-state index contributed by atoms with van der Waals surface area (Å²) in [5, 5.41) is 2.30. The number of carbonyl (C=O) groups excluding carboxylic acids is 2. The quantitative estimate of drug-likeness (QED) is 0.225. The first-order valence-corrected chi connectivity index (χ1v) is 13.3. The van der Waals surface area contributed by atoms with E-state index in [1.807, 2.05) is 30.3 Å². The van der Waals surface area contributed by atoms with Crippen LogP contribution >= 0.6 is 23.4 Å². The molecule has 0 unspecified atom stereocenters. The Balaban J connectivity index is 1.18. The van der Waals surface area contributed by atoms with Crippen molar-refractivity contribution >= 4 is 51.4 Å². The number of halogens is 1. The second kappa shape index (κ2) is 10.6. The lowest BCUT2D eigenvalue weighted by molar-refractivity contribution is -0.123. The van der Waals surface area contributed by atoms with E-state index in [-0.39, 0.29) is 18.6 Å². The van der Waals surface area contributed by atoms with Crippen LogP contribution in [0.2, 0.25) is 5.02 Å². The molecule has 0 saturated carbocycles. The number of benzene rings is 4. The van der Waals surface area contributed by atoms with Crippen LogP contribution in [0.25, 0.3) is 16.8 Å². The van der Waals surface area contributed by atoms with Gasteiger partial charge in [-0.1, -0.05) is 60.1 Å². The number of nitrogens with zero attached hydrogens (tertiary/aromatic N) is 1. The zero-order valence-electron chi connectivity index (χ0n) is 20.8. The molecular weight excluding hydrogens is 538 g/mol. The van der Waals surface area contributed by atoms with E-state index < -0.39 is 5.91 Å². The first-order chi connectivity index (χ1) is 19.0. The van der Waals surface area contributed by atoms with Gasteiger partial charge in [-0.05, 0) is 63.5 Å². The molecule has 0 atom stereocenters. The Morgan fingerprint density at radius 3 is 2.59 bits per heavy atom. The maximum atomic E-state index is 13.1. The van der Waals surface area contributed by atoms with Gasteiger partial charge in [-0.3, -0.25) is 14.5 Å². The number of amides is 2. The second-order valence-corrected chi connectivity index (χ2v) is 10.3. The summed E-state index contributed by atoms with van der Waals surface area (Å²) in [6.45, 7) is 0.510. The van der Waals surface area contributed by atoms with E-state index in [0.29, 0.717) is 50.7 Å². The summed E-state index contributed by atoms with van der Waals surface area (Å²) < 4.78 is 22.4. The highest BCUT2D eigenvalue weighted by Crippen LogP contribution is 2.40. The van der Waals surface area contributed by atoms with Crippen molar-refractivity contribution in [2.45, 2.75) is 13.2 Å². The molecule has 1 saturated heterocycles. The van der Waals surface area contributed by atoms with Crippen LogP contribution in [-0.4, -0.2) is 29.9 Å². The Morgan fingerprint density at radius 1 is 0.949 bits per heavy atom. The molecule has 0 spiro atoms. The maximum absolute atomic E-state index is 13.1. The molecule has 9 heteroatoms. The summed E-state index contributed by atoms with van der Waals surface area (Å²) >= 11 is 7.24. The number of hydrogen-bond acceptors (Lipinski definition) is 7. The number of rotatable bonds is 7. The summed E-state index contributed by atoms with van der Waals surface area (Å²) in [5.41, 5.74) is 2.37. The van der Waals surface area contributed by atoms with Crippen molar-refractivity contribution < 1.29 is 28.5 Å². The van der Waals surface area contributed by atoms with Gasteiger partial charge in [-0.2, -0.15) is 0 Å². The smallest absolute Gasteiger partial charge is 0.293 e. The molecule has 6 rings (SSSR count). The molecule has 2 aliphatic heterocycles. The van der Waals surface area contributed by atoms with Crippen molar-refractivity contribution in [3.8, 4) is 23.0 Å². The van der Waals surface area contributed by atoms with Gasteiger partial charge in [0.1, 0.15) is 6.61 Å². The van der Waals surface area contributed by atoms with Crippen molar-refractivity contribution in [1.82, 2.24) is 4.90 Å². The molecule has 0 radical (unpaired) electrons. The molecule has 0 N–H and O–H groups in total. The van der Waals surface area contributed by atoms with Gasteiger partial charge in [0.25, 0.3) is 11.1 Å². The Hall–Kier alpha value is -4.14. The van der Waals surface area contributed by atoms with Gasteiger partial charge in [0.05, 0.1) is 18.6 Å². The molecule has 4 aromatic rings. The van der Waals surface area contributed by atoms with Crippen LogP contribution in [-0.2, 0) is 17.9 Å². The first-order valence-electron chi connectivity index (χ1n) is 12.1. The lowest BCUT2D eigenvalue weighted by Crippen LogP contribution is -2.27. The largest absolute Gasteiger partial charge is 0.493 e. The molecule has 1 fully saturated rings. The molecule has 0 bridgehead atoms. The van der Waals surface area contributed by atoms with E-state index in [1.54, 1.807) is 37.5 Å². The van der Waals surface area contributed by atoms with Crippen molar-refractivity contribution in [2.75, 3.05) is 13.9 Å². The standard InChI is InChI=1S/C30H22ClNO6S/c1-35-25-11-18(9-10-24(25)36-16-20-7-4-6-19-5-2-3-8-22(19)20)12-28-29(33)32(30(34)39-28)15-21-13-26-27(14-23(21)31)38-17-37-26/h2-14H,15-17H2,1H3/b28-12+. The summed E-state index contributed by atoms with van der Waals surface area (Å²) in [7, 11) is 1.56. The van der Waals surface area contributed by atoms with Gasteiger partial charge in [-0.15, -0.1) is 0 Å². The van der Waals surface area contributed by atoms with Gasteiger partial charge in [0.15, 0.2) is 23.0 Å². The van der Waals surface area contributed by atoms with E-state index >= 15 is 0 Å². The number of thioether (sulfide) groups is 1. The lowest BCUT2D eigenvalue weighted by Gasteiger charge is -2.14. The van der Waals surface area contributed by atoms with Crippen LogP contribution in [0.15, 0.2) is 77.7 Å². The van der Waals surface area contributed by atoms with Crippen molar-refractivity contribution in [3.05, 3.63) is 99.4 Å². The lowest BCUT2D eigenvalue weighted by atomic mass is 10.1. The highest BCUT2D eigenvalue weighted by molar-refractivity contribution is 8.18. The molecule has 196 valence electrons. The maximum Gasteiger partial charge on any atom is 0.293 e. The fraction of sp³-hybridized carbons (Fsp3) is 0.133. The van der Waals surface area contributed by atoms with E-state index in [0.717, 1.165) is 28.1 Å². The van der Waals surface area contributed by atoms with E-state index in [9.17, 15) is 9.59 Å². The van der Waals surface area contributed by atoms with Crippen LogP contribution in [0.4, 0.5) is 4.79 Å². The fourth-order valence-corrected chi connectivity index (χ4v) is 5.56. The molecule has 2 aliphatic rings. The normalized spacial score (nSPS) is 15.4. The third kappa shape index (κ3) is 5.01. The summed E-state index contributed by atoms with van der Waals surface area (Å²) in [5.74, 6) is 1.78. The molecular formula is C30H22ClNO6S. The molecule has 2 amide bonds. The fourth-order valence-electron chi connectivity index (χ4n) is 4.51. The predicted octanol–water partition coefficient (Wildman–Crippen LogP) is 7.05. The highest BCUT2D eigenvalue weighted by Gasteiger charge is 2.35. The van der Waals surface area contributed by atoms with E-state index in [1.165, 1.54) is 4.90 Å². The molecule has 7 nitrogen and oxygen atoms in total.